The van der Waals surface area contributed by atoms with Gasteiger partial charge in [-0.2, -0.15) is 10.1 Å². The fourth-order valence-corrected chi connectivity index (χ4v) is 2.42. The number of nitrogens with one attached hydrogen (secondary N) is 1. The van der Waals surface area contributed by atoms with Gasteiger partial charge in [0.05, 0.1) is 26.7 Å². The predicted octanol–water partition coefficient (Wildman–Crippen LogP) is 1.92. The summed E-state index contributed by atoms with van der Waals surface area (Å²) in [6, 6.07) is 3.51. The first-order chi connectivity index (χ1) is 11.6. The van der Waals surface area contributed by atoms with E-state index in [0.717, 1.165) is 5.56 Å². The van der Waals surface area contributed by atoms with Crippen molar-refractivity contribution in [2.75, 3.05) is 21.3 Å². The van der Waals surface area contributed by atoms with Gasteiger partial charge in [-0.05, 0) is 19.1 Å². The minimum atomic E-state index is -0.286. The number of methoxy groups -OCH3 is 3. The van der Waals surface area contributed by atoms with Crippen LogP contribution >= 0.6 is 0 Å². The van der Waals surface area contributed by atoms with Gasteiger partial charge in [0.1, 0.15) is 17.2 Å². The number of hydrogen-bond acceptors (Lipinski definition) is 7. The van der Waals surface area contributed by atoms with E-state index in [9.17, 15) is 4.79 Å². The number of H-pyrrole nitrogens is 1. The molecule has 8 heteroatoms. The van der Waals surface area contributed by atoms with Crippen LogP contribution in [0.2, 0.25) is 0 Å². The summed E-state index contributed by atoms with van der Waals surface area (Å²) in [5, 5.41) is 7.30. The van der Waals surface area contributed by atoms with Crippen molar-refractivity contribution in [3.05, 3.63) is 35.2 Å². The molecule has 0 aliphatic carbocycles. The highest BCUT2D eigenvalue weighted by molar-refractivity contribution is 6.14. The molecule has 0 radical (unpaired) electrons. The maximum Gasteiger partial charge on any atom is 0.318 e. The summed E-state index contributed by atoms with van der Waals surface area (Å²) in [5.41, 5.74) is 1.87. The highest BCUT2D eigenvalue weighted by Gasteiger charge is 2.20. The van der Waals surface area contributed by atoms with Crippen molar-refractivity contribution in [1.29, 1.82) is 0 Å². The van der Waals surface area contributed by atoms with Gasteiger partial charge in [0.2, 0.25) is 5.78 Å². The van der Waals surface area contributed by atoms with Crippen LogP contribution in [0.3, 0.4) is 0 Å². The van der Waals surface area contributed by atoms with Crippen molar-refractivity contribution in [2.24, 2.45) is 0 Å². The Hall–Kier alpha value is -3.16. The Morgan fingerprint density at radius 3 is 2.33 bits per heavy atom. The molecule has 0 saturated carbocycles. The van der Waals surface area contributed by atoms with Gasteiger partial charge in [-0.3, -0.25) is 9.89 Å². The number of carbonyl (C=O) groups is 1. The fourth-order valence-electron chi connectivity index (χ4n) is 2.42. The molecule has 0 fully saturated rings. The zero-order valence-corrected chi connectivity index (χ0v) is 13.7. The first-order valence-corrected chi connectivity index (χ1v) is 7.11. The average Bonchev–Trinajstić information content (AvgIpc) is 3.04. The molecule has 0 aliphatic heterocycles. The summed E-state index contributed by atoms with van der Waals surface area (Å²) in [7, 11) is 4.55. The van der Waals surface area contributed by atoms with E-state index in [1.807, 2.05) is 6.92 Å². The molecule has 24 heavy (non-hydrogen) atoms. The van der Waals surface area contributed by atoms with E-state index in [2.05, 4.69) is 20.2 Å². The number of rotatable bonds is 5. The molecule has 3 aromatic rings. The standard InChI is InChI=1S/C16H16N4O4/c1-8-11(22-2)5-9(6-12(8)23-3)14(21)13-10-7-17-16(24-4)18-15(10)20-19-13/h5-7H,1-4H3,(H,17,18,19,20). The van der Waals surface area contributed by atoms with Crippen molar-refractivity contribution < 1.29 is 19.0 Å². The van der Waals surface area contributed by atoms with Gasteiger partial charge >= 0.3 is 6.01 Å². The van der Waals surface area contributed by atoms with E-state index < -0.39 is 0 Å². The first-order valence-electron chi connectivity index (χ1n) is 7.11. The molecule has 124 valence electrons. The van der Waals surface area contributed by atoms with E-state index in [-0.39, 0.29) is 17.5 Å². The van der Waals surface area contributed by atoms with E-state index in [4.69, 9.17) is 14.2 Å². The van der Waals surface area contributed by atoms with Crippen LogP contribution in [0.5, 0.6) is 17.5 Å². The van der Waals surface area contributed by atoms with Crippen molar-refractivity contribution in [3.63, 3.8) is 0 Å². The number of aromatic amines is 1. The van der Waals surface area contributed by atoms with Crippen LogP contribution in [0.4, 0.5) is 0 Å². The molecular formula is C16H16N4O4. The fraction of sp³-hybridized carbons (Fsp3) is 0.250. The molecule has 1 N–H and O–H groups in total. The lowest BCUT2D eigenvalue weighted by Crippen LogP contribution is -2.05. The molecule has 0 bridgehead atoms. The molecule has 0 atom stereocenters. The molecule has 1 aromatic carbocycles. The Morgan fingerprint density at radius 2 is 1.75 bits per heavy atom. The Bertz CT molecular complexity index is 895. The summed E-state index contributed by atoms with van der Waals surface area (Å²) >= 11 is 0. The third kappa shape index (κ3) is 2.51. The smallest absolute Gasteiger partial charge is 0.318 e. The Morgan fingerprint density at radius 1 is 1.08 bits per heavy atom. The van der Waals surface area contributed by atoms with Crippen LogP contribution in [0.15, 0.2) is 18.3 Å². The van der Waals surface area contributed by atoms with Gasteiger partial charge in [0, 0.05) is 17.3 Å². The highest BCUT2D eigenvalue weighted by atomic mass is 16.5. The van der Waals surface area contributed by atoms with Crippen molar-refractivity contribution in [3.8, 4) is 17.5 Å². The summed E-state index contributed by atoms with van der Waals surface area (Å²) in [5.74, 6) is 0.845. The molecule has 0 aliphatic rings. The lowest BCUT2D eigenvalue weighted by atomic mass is 10.0. The van der Waals surface area contributed by atoms with Crippen LogP contribution < -0.4 is 14.2 Å². The van der Waals surface area contributed by atoms with Gasteiger partial charge in [0.15, 0.2) is 5.65 Å². The first kappa shape index (κ1) is 15.7. The molecule has 3 rings (SSSR count). The van der Waals surface area contributed by atoms with E-state index in [1.165, 1.54) is 13.3 Å². The minimum Gasteiger partial charge on any atom is -0.496 e. The van der Waals surface area contributed by atoms with E-state index in [1.54, 1.807) is 26.4 Å². The molecule has 8 nitrogen and oxygen atoms in total. The molecule has 2 heterocycles. The van der Waals surface area contributed by atoms with Crippen LogP contribution in [-0.2, 0) is 0 Å². The van der Waals surface area contributed by atoms with Crippen LogP contribution in [-0.4, -0.2) is 47.3 Å². The quantitative estimate of drug-likeness (QED) is 0.714. The second kappa shape index (κ2) is 6.15. The normalized spacial score (nSPS) is 10.7. The van der Waals surface area contributed by atoms with Crippen LogP contribution in [0.1, 0.15) is 21.6 Å². The Kier molecular flexibility index (Phi) is 4.03. The number of carbonyl (C=O) groups excluding carboxylic acids is 1. The summed E-state index contributed by atoms with van der Waals surface area (Å²) < 4.78 is 15.6. The number of ketones is 1. The third-order valence-corrected chi connectivity index (χ3v) is 3.71. The zero-order valence-electron chi connectivity index (χ0n) is 13.7. The second-order valence-electron chi connectivity index (χ2n) is 5.03. The van der Waals surface area contributed by atoms with Gasteiger partial charge < -0.3 is 14.2 Å². The zero-order chi connectivity index (χ0) is 17.3. The minimum absolute atomic E-state index is 0.198. The third-order valence-electron chi connectivity index (χ3n) is 3.71. The molecule has 2 aromatic heterocycles. The lowest BCUT2D eigenvalue weighted by molar-refractivity contribution is 0.103. The number of benzene rings is 1. The van der Waals surface area contributed by atoms with Crippen LogP contribution in [0, 0.1) is 6.92 Å². The predicted molar refractivity (Wildman–Crippen MR) is 86.0 cm³/mol. The van der Waals surface area contributed by atoms with Gasteiger partial charge in [-0.15, -0.1) is 0 Å². The summed E-state index contributed by atoms with van der Waals surface area (Å²) in [6.45, 7) is 1.86. The molecular weight excluding hydrogens is 312 g/mol. The number of fused-ring (bicyclic) bond motifs is 1. The molecule has 0 amide bonds. The van der Waals surface area contributed by atoms with E-state index in [0.29, 0.717) is 28.1 Å². The molecule has 0 saturated heterocycles. The monoisotopic (exact) mass is 328 g/mol. The SMILES string of the molecule is COc1ncc2c(C(=O)c3cc(OC)c(C)c(OC)c3)n[nH]c2n1. The van der Waals surface area contributed by atoms with Gasteiger partial charge in [-0.1, -0.05) is 0 Å². The van der Waals surface area contributed by atoms with Gasteiger partial charge in [0.25, 0.3) is 0 Å². The number of nitrogens with zero attached hydrogens (tertiary/aromatic N) is 3. The van der Waals surface area contributed by atoms with Crippen molar-refractivity contribution in [1.82, 2.24) is 20.2 Å². The highest BCUT2D eigenvalue weighted by Crippen LogP contribution is 2.31. The Balaban J connectivity index is 2.09. The topological polar surface area (TPSA) is 99.2 Å². The maximum atomic E-state index is 12.8. The maximum absolute atomic E-state index is 12.8. The van der Waals surface area contributed by atoms with Crippen LogP contribution in [0.25, 0.3) is 11.0 Å². The second-order valence-corrected chi connectivity index (χ2v) is 5.03. The van der Waals surface area contributed by atoms with Crippen molar-refractivity contribution >= 4 is 16.8 Å². The van der Waals surface area contributed by atoms with Crippen molar-refractivity contribution in [2.45, 2.75) is 6.92 Å². The Labute approximate surface area is 137 Å². The average molecular weight is 328 g/mol. The summed E-state index contributed by atoms with van der Waals surface area (Å²) in [6.07, 6.45) is 1.50. The number of aromatic nitrogens is 4. The van der Waals surface area contributed by atoms with E-state index >= 15 is 0 Å². The molecule has 0 spiro atoms. The summed E-state index contributed by atoms with van der Waals surface area (Å²) in [4.78, 5) is 21.0. The largest absolute Gasteiger partial charge is 0.496 e. The number of hydrogen-bond donors (Lipinski definition) is 1. The lowest BCUT2D eigenvalue weighted by Gasteiger charge is -2.11. The molecule has 0 unspecified atom stereocenters. The van der Waals surface area contributed by atoms with Gasteiger partial charge in [-0.25, -0.2) is 4.98 Å². The number of ether oxygens (including phenoxy) is 3.